The van der Waals surface area contributed by atoms with E-state index in [9.17, 15) is 0 Å². The van der Waals surface area contributed by atoms with Crippen LogP contribution in [0.4, 0.5) is 0 Å². The van der Waals surface area contributed by atoms with Crippen LogP contribution in [0.1, 0.15) is 33.6 Å². The van der Waals surface area contributed by atoms with Crippen molar-refractivity contribution in [2.75, 3.05) is 6.54 Å². The van der Waals surface area contributed by atoms with Gasteiger partial charge in [-0.1, -0.05) is 13.3 Å². The summed E-state index contributed by atoms with van der Waals surface area (Å²) in [7, 11) is 0. The standard InChI is InChI=1S/C13H18N2/c1-4-5-8-15-11(2)9-13(6-7-14)10-12(15)3/h6,9-10H,4-5,8H2,1-3H3. The van der Waals surface area contributed by atoms with Gasteiger partial charge >= 0.3 is 0 Å². The largest absolute Gasteiger partial charge is 0.349 e. The highest BCUT2D eigenvalue weighted by molar-refractivity contribution is 5.42. The number of nitrogens with zero attached hydrogens (tertiary/aromatic N) is 2. The van der Waals surface area contributed by atoms with Crippen LogP contribution in [0.3, 0.4) is 0 Å². The molecule has 15 heavy (non-hydrogen) atoms. The maximum Gasteiger partial charge on any atom is 0.0918 e. The molecule has 1 heterocycles. The van der Waals surface area contributed by atoms with Crippen molar-refractivity contribution in [1.82, 2.24) is 4.90 Å². The van der Waals surface area contributed by atoms with Crippen LogP contribution in [-0.2, 0) is 0 Å². The Morgan fingerprint density at radius 3 is 2.40 bits per heavy atom. The molecule has 80 valence electrons. The van der Waals surface area contributed by atoms with Gasteiger partial charge in [0.15, 0.2) is 0 Å². The summed E-state index contributed by atoms with van der Waals surface area (Å²) in [5.74, 6) is 0. The van der Waals surface area contributed by atoms with E-state index in [-0.39, 0.29) is 0 Å². The Bertz CT molecular complexity index is 331. The molecule has 0 aromatic carbocycles. The molecular formula is C13H18N2. The smallest absolute Gasteiger partial charge is 0.0918 e. The first-order valence-electron chi connectivity index (χ1n) is 5.43. The predicted octanol–water partition coefficient (Wildman–Crippen LogP) is 3.36. The van der Waals surface area contributed by atoms with E-state index in [2.05, 4.69) is 43.9 Å². The fourth-order valence-corrected chi connectivity index (χ4v) is 1.78. The molecule has 0 N–H and O–H groups in total. The third-order valence-electron chi connectivity index (χ3n) is 2.57. The highest BCUT2D eigenvalue weighted by Gasteiger charge is 2.11. The third-order valence-corrected chi connectivity index (χ3v) is 2.57. The van der Waals surface area contributed by atoms with Gasteiger partial charge in [0.1, 0.15) is 0 Å². The molecule has 0 saturated heterocycles. The summed E-state index contributed by atoms with van der Waals surface area (Å²) in [5.41, 5.74) is 3.45. The minimum atomic E-state index is 1.00. The Kier molecular flexibility index (Phi) is 4.17. The Labute approximate surface area is 92.2 Å². The van der Waals surface area contributed by atoms with Crippen LogP contribution in [0.25, 0.3) is 0 Å². The molecule has 0 atom stereocenters. The van der Waals surface area contributed by atoms with Crippen molar-refractivity contribution in [1.29, 1.82) is 5.26 Å². The lowest BCUT2D eigenvalue weighted by molar-refractivity contribution is 0.412. The van der Waals surface area contributed by atoms with Crippen molar-refractivity contribution in [3.63, 3.8) is 0 Å². The zero-order chi connectivity index (χ0) is 11.3. The Morgan fingerprint density at radius 1 is 1.33 bits per heavy atom. The van der Waals surface area contributed by atoms with Gasteiger partial charge in [0.25, 0.3) is 0 Å². The fraction of sp³-hybridized carbons (Fsp3) is 0.462. The van der Waals surface area contributed by atoms with E-state index in [1.54, 1.807) is 6.08 Å². The van der Waals surface area contributed by atoms with E-state index in [1.807, 2.05) is 0 Å². The SMILES string of the molecule is CCCCN1C(C)=CC(=CC#N)C=C1C. The molecule has 2 nitrogen and oxygen atoms in total. The van der Waals surface area contributed by atoms with Gasteiger partial charge in [-0.2, -0.15) is 5.26 Å². The number of nitriles is 1. The summed E-state index contributed by atoms with van der Waals surface area (Å²) in [6, 6.07) is 2.07. The molecule has 0 fully saturated rings. The van der Waals surface area contributed by atoms with Crippen molar-refractivity contribution >= 4 is 0 Å². The molecule has 0 spiro atoms. The Hall–Kier alpha value is -1.49. The maximum atomic E-state index is 8.60. The number of hydrogen-bond donors (Lipinski definition) is 0. The van der Waals surface area contributed by atoms with Crippen LogP contribution < -0.4 is 0 Å². The molecular weight excluding hydrogens is 184 g/mol. The zero-order valence-corrected chi connectivity index (χ0v) is 9.75. The third kappa shape index (κ3) is 2.99. The summed E-state index contributed by atoms with van der Waals surface area (Å²) in [6.45, 7) is 7.46. The Morgan fingerprint density at radius 2 is 1.93 bits per heavy atom. The predicted molar refractivity (Wildman–Crippen MR) is 62.8 cm³/mol. The summed E-state index contributed by atoms with van der Waals surface area (Å²) >= 11 is 0. The number of allylic oxidation sites excluding steroid dienone is 6. The molecule has 0 aromatic rings. The van der Waals surface area contributed by atoms with Gasteiger partial charge in [0, 0.05) is 24.0 Å². The molecule has 0 aromatic heterocycles. The molecule has 0 unspecified atom stereocenters. The summed E-state index contributed by atoms with van der Waals surface area (Å²) < 4.78 is 0. The molecule has 0 bridgehead atoms. The minimum Gasteiger partial charge on any atom is -0.349 e. The topological polar surface area (TPSA) is 27.0 Å². The van der Waals surface area contributed by atoms with Crippen LogP contribution in [0.5, 0.6) is 0 Å². The van der Waals surface area contributed by atoms with Gasteiger partial charge < -0.3 is 4.90 Å². The van der Waals surface area contributed by atoms with Gasteiger partial charge in [-0.05, 0) is 38.0 Å². The lowest BCUT2D eigenvalue weighted by Crippen LogP contribution is -2.23. The van der Waals surface area contributed by atoms with Gasteiger partial charge in [-0.15, -0.1) is 0 Å². The van der Waals surface area contributed by atoms with E-state index in [0.717, 1.165) is 12.1 Å². The number of rotatable bonds is 3. The van der Waals surface area contributed by atoms with Crippen LogP contribution in [0, 0.1) is 11.3 Å². The van der Waals surface area contributed by atoms with Crippen LogP contribution in [0.15, 0.2) is 35.2 Å². The number of unbranched alkanes of at least 4 members (excludes halogenated alkanes) is 1. The molecule has 1 aliphatic rings. The van der Waals surface area contributed by atoms with Gasteiger partial charge in [-0.25, -0.2) is 0 Å². The van der Waals surface area contributed by atoms with Gasteiger partial charge in [-0.3, -0.25) is 0 Å². The van der Waals surface area contributed by atoms with Gasteiger partial charge in [0.05, 0.1) is 6.07 Å². The van der Waals surface area contributed by atoms with Crippen LogP contribution >= 0.6 is 0 Å². The van der Waals surface area contributed by atoms with Gasteiger partial charge in [0.2, 0.25) is 0 Å². The van der Waals surface area contributed by atoms with Crippen molar-refractivity contribution < 1.29 is 0 Å². The zero-order valence-electron chi connectivity index (χ0n) is 9.75. The molecule has 1 aliphatic heterocycles. The monoisotopic (exact) mass is 202 g/mol. The minimum absolute atomic E-state index is 1.00. The molecule has 2 heteroatoms. The van der Waals surface area contributed by atoms with Crippen molar-refractivity contribution in [2.24, 2.45) is 0 Å². The summed E-state index contributed by atoms with van der Waals surface area (Å²) in [5, 5.41) is 8.60. The lowest BCUT2D eigenvalue weighted by atomic mass is 10.1. The van der Waals surface area contributed by atoms with E-state index in [4.69, 9.17) is 5.26 Å². The first kappa shape index (κ1) is 11.6. The highest BCUT2D eigenvalue weighted by Crippen LogP contribution is 2.22. The fourth-order valence-electron chi connectivity index (χ4n) is 1.78. The molecule has 0 amide bonds. The second kappa shape index (κ2) is 5.41. The van der Waals surface area contributed by atoms with E-state index >= 15 is 0 Å². The molecule has 0 saturated carbocycles. The average Bonchev–Trinajstić information content (AvgIpc) is 2.17. The van der Waals surface area contributed by atoms with E-state index in [1.165, 1.54) is 24.2 Å². The molecule has 0 radical (unpaired) electrons. The van der Waals surface area contributed by atoms with E-state index < -0.39 is 0 Å². The molecule has 1 rings (SSSR count). The van der Waals surface area contributed by atoms with Crippen molar-refractivity contribution in [3.8, 4) is 6.07 Å². The maximum absolute atomic E-state index is 8.60. The van der Waals surface area contributed by atoms with Crippen LogP contribution in [0.2, 0.25) is 0 Å². The first-order valence-corrected chi connectivity index (χ1v) is 5.43. The quantitative estimate of drug-likeness (QED) is 0.656. The first-order chi connectivity index (χ1) is 7.19. The average molecular weight is 202 g/mol. The second-order valence-electron chi connectivity index (χ2n) is 3.85. The number of hydrogen-bond acceptors (Lipinski definition) is 2. The van der Waals surface area contributed by atoms with Crippen molar-refractivity contribution in [2.45, 2.75) is 33.6 Å². The highest BCUT2D eigenvalue weighted by atomic mass is 15.1. The summed E-state index contributed by atoms with van der Waals surface area (Å²) in [4.78, 5) is 2.30. The molecule has 0 aliphatic carbocycles. The van der Waals surface area contributed by atoms with Crippen LogP contribution in [-0.4, -0.2) is 11.4 Å². The Balaban J connectivity index is 2.81. The summed E-state index contributed by atoms with van der Waals surface area (Å²) in [6.07, 6.45) is 8.12. The van der Waals surface area contributed by atoms with Crippen molar-refractivity contribution in [3.05, 3.63) is 35.2 Å². The second-order valence-corrected chi connectivity index (χ2v) is 3.85. The van der Waals surface area contributed by atoms with E-state index in [0.29, 0.717) is 0 Å². The normalized spacial score (nSPS) is 15.6. The lowest BCUT2D eigenvalue weighted by Gasteiger charge is -2.29.